The first-order valence-electron chi connectivity index (χ1n) is 6.59. The van der Waals surface area contributed by atoms with Crippen LogP contribution in [0, 0.1) is 5.92 Å². The molecule has 3 atom stereocenters. The molecule has 0 amide bonds. The van der Waals surface area contributed by atoms with Crippen LogP contribution in [0.25, 0.3) is 0 Å². The van der Waals surface area contributed by atoms with E-state index in [0.29, 0.717) is 18.0 Å². The fourth-order valence-corrected chi connectivity index (χ4v) is 2.74. The van der Waals surface area contributed by atoms with Crippen molar-refractivity contribution in [2.75, 3.05) is 13.1 Å². The summed E-state index contributed by atoms with van der Waals surface area (Å²) < 4.78 is 5.19. The van der Waals surface area contributed by atoms with Gasteiger partial charge >= 0.3 is 0 Å². The summed E-state index contributed by atoms with van der Waals surface area (Å²) in [6.07, 6.45) is 2.93. The molecule has 0 saturated carbocycles. The van der Waals surface area contributed by atoms with Crippen molar-refractivity contribution in [3.8, 4) is 0 Å². The van der Waals surface area contributed by atoms with E-state index in [0.717, 1.165) is 25.4 Å². The highest BCUT2D eigenvalue weighted by atomic mass is 16.5. The minimum absolute atomic E-state index is 0.581. The summed E-state index contributed by atoms with van der Waals surface area (Å²) in [7, 11) is 0. The van der Waals surface area contributed by atoms with E-state index in [1.54, 1.807) is 6.20 Å². The Morgan fingerprint density at radius 3 is 3.00 bits per heavy atom. The summed E-state index contributed by atoms with van der Waals surface area (Å²) in [6.45, 7) is 9.89. The molecule has 0 aromatic carbocycles. The van der Waals surface area contributed by atoms with E-state index >= 15 is 0 Å². The number of likely N-dealkylation sites (tertiary alicyclic amines) is 1. The summed E-state index contributed by atoms with van der Waals surface area (Å²) >= 11 is 0. The van der Waals surface area contributed by atoms with Crippen LogP contribution in [0.15, 0.2) is 16.8 Å². The largest absolute Gasteiger partial charge is 0.360 e. The molecule has 1 aliphatic heterocycles. The number of hydrogen-bond donors (Lipinski definition) is 1. The fourth-order valence-electron chi connectivity index (χ4n) is 2.74. The molecule has 0 bridgehead atoms. The van der Waals surface area contributed by atoms with Gasteiger partial charge in [0, 0.05) is 24.7 Å². The highest BCUT2D eigenvalue weighted by Gasteiger charge is 2.32. The second-order valence-electron chi connectivity index (χ2n) is 5.00. The van der Waals surface area contributed by atoms with Crippen molar-refractivity contribution in [1.82, 2.24) is 15.4 Å². The molecule has 1 N–H and O–H groups in total. The number of nitrogens with zero attached hydrogens (tertiary/aromatic N) is 2. The number of rotatable bonds is 4. The van der Waals surface area contributed by atoms with Gasteiger partial charge in [-0.1, -0.05) is 19.0 Å². The lowest BCUT2D eigenvalue weighted by molar-refractivity contribution is 0.0711. The maximum atomic E-state index is 5.19. The number of nitrogens with one attached hydrogen (secondary N) is 1. The van der Waals surface area contributed by atoms with Crippen LogP contribution < -0.4 is 5.32 Å². The minimum atomic E-state index is 0.581. The van der Waals surface area contributed by atoms with Crippen molar-refractivity contribution < 1.29 is 4.52 Å². The second-order valence-corrected chi connectivity index (χ2v) is 5.00. The summed E-state index contributed by atoms with van der Waals surface area (Å²) in [6, 6.07) is 3.19. The molecular formula is C13H23N3O. The van der Waals surface area contributed by atoms with E-state index in [1.165, 1.54) is 6.42 Å². The smallest absolute Gasteiger partial charge is 0.150 e. The predicted molar refractivity (Wildman–Crippen MR) is 67.6 cm³/mol. The molecule has 1 saturated heterocycles. The Labute approximate surface area is 103 Å². The highest BCUT2D eigenvalue weighted by molar-refractivity contribution is 4.96. The molecule has 1 aliphatic rings. The lowest BCUT2D eigenvalue weighted by atomic mass is 9.87. The average Bonchev–Trinajstić information content (AvgIpc) is 2.82. The first kappa shape index (κ1) is 12.6. The fraction of sp³-hybridized carbons (Fsp3) is 0.769. The third-order valence-corrected chi connectivity index (χ3v) is 4.02. The van der Waals surface area contributed by atoms with E-state index in [2.05, 4.69) is 36.1 Å². The molecule has 1 aromatic rings. The number of aromatic nitrogens is 1. The van der Waals surface area contributed by atoms with E-state index in [4.69, 9.17) is 4.52 Å². The van der Waals surface area contributed by atoms with Crippen LogP contribution in [-0.4, -0.2) is 35.2 Å². The summed E-state index contributed by atoms with van der Waals surface area (Å²) in [5.74, 6) is 1.64. The van der Waals surface area contributed by atoms with Crippen LogP contribution in [-0.2, 0) is 6.54 Å². The molecule has 2 rings (SSSR count). The van der Waals surface area contributed by atoms with E-state index in [-0.39, 0.29) is 0 Å². The van der Waals surface area contributed by atoms with Crippen molar-refractivity contribution in [3.05, 3.63) is 18.0 Å². The average molecular weight is 237 g/mol. The van der Waals surface area contributed by atoms with Crippen LogP contribution in [0.4, 0.5) is 0 Å². The zero-order chi connectivity index (χ0) is 12.3. The SMILES string of the molecule is CCNC1CCN(Cc2ccno2)C(C)C1C. The second kappa shape index (κ2) is 5.65. The lowest BCUT2D eigenvalue weighted by Crippen LogP contribution is -2.52. The van der Waals surface area contributed by atoms with Crippen molar-refractivity contribution in [2.24, 2.45) is 5.92 Å². The van der Waals surface area contributed by atoms with Gasteiger partial charge in [-0.2, -0.15) is 0 Å². The first-order valence-corrected chi connectivity index (χ1v) is 6.59. The Kier molecular flexibility index (Phi) is 4.18. The Morgan fingerprint density at radius 2 is 2.35 bits per heavy atom. The zero-order valence-corrected chi connectivity index (χ0v) is 11.0. The molecule has 4 heteroatoms. The first-order chi connectivity index (χ1) is 8.22. The van der Waals surface area contributed by atoms with Gasteiger partial charge in [0.05, 0.1) is 12.7 Å². The Hall–Kier alpha value is -0.870. The predicted octanol–water partition coefficient (Wildman–Crippen LogP) is 1.88. The Balaban J connectivity index is 1.93. The topological polar surface area (TPSA) is 41.3 Å². The van der Waals surface area contributed by atoms with Crippen LogP contribution in [0.3, 0.4) is 0 Å². The van der Waals surface area contributed by atoms with Gasteiger partial charge in [-0.25, -0.2) is 0 Å². The van der Waals surface area contributed by atoms with Gasteiger partial charge < -0.3 is 9.84 Å². The standard InChI is InChI=1S/C13H23N3O/c1-4-14-13-6-8-16(11(3)10(13)2)9-12-5-7-15-17-12/h5,7,10-11,13-14H,4,6,8-9H2,1-3H3. The molecular weight excluding hydrogens is 214 g/mol. The summed E-state index contributed by atoms with van der Waals surface area (Å²) in [4.78, 5) is 2.49. The van der Waals surface area contributed by atoms with E-state index < -0.39 is 0 Å². The lowest BCUT2D eigenvalue weighted by Gasteiger charge is -2.42. The molecule has 3 unspecified atom stereocenters. The van der Waals surface area contributed by atoms with Crippen molar-refractivity contribution in [3.63, 3.8) is 0 Å². The molecule has 4 nitrogen and oxygen atoms in total. The summed E-state index contributed by atoms with van der Waals surface area (Å²) in [5, 5.41) is 7.34. The van der Waals surface area contributed by atoms with Gasteiger partial charge in [0.1, 0.15) is 0 Å². The molecule has 2 heterocycles. The van der Waals surface area contributed by atoms with E-state index in [9.17, 15) is 0 Å². The van der Waals surface area contributed by atoms with Crippen LogP contribution in [0.5, 0.6) is 0 Å². The molecule has 0 aliphatic carbocycles. The number of hydrogen-bond acceptors (Lipinski definition) is 4. The third kappa shape index (κ3) is 2.87. The Morgan fingerprint density at radius 1 is 1.53 bits per heavy atom. The van der Waals surface area contributed by atoms with Gasteiger partial charge in [0.2, 0.25) is 0 Å². The molecule has 1 aromatic heterocycles. The monoisotopic (exact) mass is 237 g/mol. The van der Waals surface area contributed by atoms with Crippen molar-refractivity contribution >= 4 is 0 Å². The number of piperidine rings is 1. The maximum Gasteiger partial charge on any atom is 0.150 e. The minimum Gasteiger partial charge on any atom is -0.360 e. The van der Waals surface area contributed by atoms with Gasteiger partial charge in [-0.05, 0) is 25.8 Å². The quantitative estimate of drug-likeness (QED) is 0.868. The molecule has 0 spiro atoms. The summed E-state index contributed by atoms with van der Waals surface area (Å²) in [5.41, 5.74) is 0. The Bertz CT molecular complexity index is 325. The normalized spacial score (nSPS) is 30.6. The van der Waals surface area contributed by atoms with Gasteiger partial charge in [0.15, 0.2) is 5.76 Å². The van der Waals surface area contributed by atoms with Crippen LogP contribution >= 0.6 is 0 Å². The van der Waals surface area contributed by atoms with Crippen molar-refractivity contribution in [1.29, 1.82) is 0 Å². The molecule has 17 heavy (non-hydrogen) atoms. The van der Waals surface area contributed by atoms with Gasteiger partial charge in [0.25, 0.3) is 0 Å². The third-order valence-electron chi connectivity index (χ3n) is 4.02. The van der Waals surface area contributed by atoms with Gasteiger partial charge in [-0.15, -0.1) is 0 Å². The zero-order valence-electron chi connectivity index (χ0n) is 11.0. The molecule has 0 radical (unpaired) electrons. The van der Waals surface area contributed by atoms with Crippen LogP contribution in [0.2, 0.25) is 0 Å². The van der Waals surface area contributed by atoms with E-state index in [1.807, 2.05) is 6.07 Å². The maximum absolute atomic E-state index is 5.19. The molecule has 1 fully saturated rings. The highest BCUT2D eigenvalue weighted by Crippen LogP contribution is 2.25. The van der Waals surface area contributed by atoms with Crippen molar-refractivity contribution in [2.45, 2.75) is 45.8 Å². The molecule has 96 valence electrons. The van der Waals surface area contributed by atoms with Crippen LogP contribution in [0.1, 0.15) is 33.0 Å². The van der Waals surface area contributed by atoms with Gasteiger partial charge in [-0.3, -0.25) is 4.90 Å².